The Morgan fingerprint density at radius 3 is 3.11 bits per heavy atom. The fourth-order valence-electron chi connectivity index (χ4n) is 2.69. The Hall–Kier alpha value is -1.68. The fraction of sp³-hybridized carbons (Fsp3) is 0.143. The highest BCUT2D eigenvalue weighted by Crippen LogP contribution is 2.36. The van der Waals surface area contributed by atoms with E-state index in [1.807, 2.05) is 28.8 Å². The van der Waals surface area contributed by atoms with Gasteiger partial charge in [0.05, 0.1) is 11.0 Å². The van der Waals surface area contributed by atoms with E-state index in [9.17, 15) is 4.79 Å². The van der Waals surface area contributed by atoms with E-state index in [-0.39, 0.29) is 5.78 Å². The Morgan fingerprint density at radius 1 is 1.33 bits per heavy atom. The van der Waals surface area contributed by atoms with Gasteiger partial charge in [-0.05, 0) is 31.0 Å². The molecule has 0 fully saturated rings. The lowest BCUT2D eigenvalue weighted by molar-refractivity contribution is 0.103. The lowest BCUT2D eigenvalue weighted by Gasteiger charge is -2.10. The number of hydrogen-bond acceptors (Lipinski definition) is 2. The summed E-state index contributed by atoms with van der Waals surface area (Å²) < 4.78 is 3.00. The van der Waals surface area contributed by atoms with Gasteiger partial charge < -0.3 is 0 Å². The number of carbonyl (C=O) groups excluding carboxylic acids is 1. The zero-order valence-corrected chi connectivity index (χ0v) is 11.1. The molecule has 2 heterocycles. The molecule has 0 bridgehead atoms. The Balaban J connectivity index is 2.10. The lowest BCUT2D eigenvalue weighted by Crippen LogP contribution is -1.99. The van der Waals surface area contributed by atoms with Crippen molar-refractivity contribution in [3.8, 4) is 0 Å². The summed E-state index contributed by atoms with van der Waals surface area (Å²) in [6.07, 6.45) is 5.89. The van der Waals surface area contributed by atoms with Crippen LogP contribution >= 0.6 is 15.9 Å². The van der Waals surface area contributed by atoms with Gasteiger partial charge in [-0.1, -0.05) is 28.1 Å². The molecular formula is C14H9BrN2O. The van der Waals surface area contributed by atoms with Gasteiger partial charge in [0.2, 0.25) is 5.78 Å². The second-order valence-corrected chi connectivity index (χ2v) is 5.45. The maximum absolute atomic E-state index is 12.3. The summed E-state index contributed by atoms with van der Waals surface area (Å²) in [4.78, 5) is 16.7. The fourth-order valence-corrected chi connectivity index (χ4v) is 3.04. The smallest absolute Gasteiger partial charge is 0.230 e. The molecule has 0 N–H and O–H groups in total. The largest absolute Gasteiger partial charge is 0.293 e. The van der Waals surface area contributed by atoms with Crippen LogP contribution in [0.3, 0.4) is 0 Å². The molecule has 0 unspecified atom stereocenters. The van der Waals surface area contributed by atoms with E-state index in [1.54, 1.807) is 0 Å². The monoisotopic (exact) mass is 300 g/mol. The van der Waals surface area contributed by atoms with Crippen molar-refractivity contribution in [1.29, 1.82) is 0 Å². The molecule has 0 spiro atoms. The summed E-state index contributed by atoms with van der Waals surface area (Å²) in [7, 11) is 0. The molecule has 2 aromatic rings. The molecule has 0 radical (unpaired) electrons. The third-order valence-electron chi connectivity index (χ3n) is 3.48. The van der Waals surface area contributed by atoms with E-state index in [4.69, 9.17) is 0 Å². The number of imidazole rings is 1. The zero-order chi connectivity index (χ0) is 12.3. The van der Waals surface area contributed by atoms with Gasteiger partial charge >= 0.3 is 0 Å². The van der Waals surface area contributed by atoms with Crippen molar-refractivity contribution >= 4 is 38.4 Å². The van der Waals surface area contributed by atoms with Crippen molar-refractivity contribution in [3.63, 3.8) is 0 Å². The first-order chi connectivity index (χ1) is 8.75. The number of benzene rings is 1. The SMILES string of the molecule is O=C1C2=C(CCC=C2)n2c1nc1cc(Br)ccc12. The quantitative estimate of drug-likeness (QED) is 0.746. The molecule has 2 aliphatic rings. The first-order valence-corrected chi connectivity index (χ1v) is 6.68. The van der Waals surface area contributed by atoms with Crippen LogP contribution < -0.4 is 0 Å². The van der Waals surface area contributed by atoms with Gasteiger partial charge in [-0.15, -0.1) is 0 Å². The second-order valence-electron chi connectivity index (χ2n) is 4.53. The predicted molar refractivity (Wildman–Crippen MR) is 73.4 cm³/mol. The second kappa shape index (κ2) is 3.42. The molecule has 88 valence electrons. The van der Waals surface area contributed by atoms with Crippen LogP contribution in [0.15, 0.2) is 40.4 Å². The lowest BCUT2D eigenvalue weighted by atomic mass is 10.0. The summed E-state index contributed by atoms with van der Waals surface area (Å²) in [6, 6.07) is 5.95. The molecule has 4 rings (SSSR count). The van der Waals surface area contributed by atoms with Crippen molar-refractivity contribution in [2.24, 2.45) is 0 Å². The van der Waals surface area contributed by atoms with Gasteiger partial charge in [0, 0.05) is 15.7 Å². The number of Topliss-reactive ketones (excluding diaryl/α,β-unsaturated/α-hetero) is 1. The van der Waals surface area contributed by atoms with E-state index in [1.165, 1.54) is 0 Å². The number of aromatic nitrogens is 2. The van der Waals surface area contributed by atoms with Crippen LogP contribution in [0.1, 0.15) is 23.5 Å². The van der Waals surface area contributed by atoms with Crippen LogP contribution in [-0.4, -0.2) is 15.3 Å². The third-order valence-corrected chi connectivity index (χ3v) is 3.97. The maximum Gasteiger partial charge on any atom is 0.230 e. The van der Waals surface area contributed by atoms with Crippen molar-refractivity contribution in [2.45, 2.75) is 12.8 Å². The van der Waals surface area contributed by atoms with Crippen LogP contribution in [0.2, 0.25) is 0 Å². The first-order valence-electron chi connectivity index (χ1n) is 5.88. The summed E-state index contributed by atoms with van der Waals surface area (Å²) in [5.41, 5.74) is 3.80. The van der Waals surface area contributed by atoms with E-state index in [0.29, 0.717) is 5.82 Å². The molecular weight excluding hydrogens is 292 g/mol. The molecule has 1 aromatic carbocycles. The van der Waals surface area contributed by atoms with Crippen LogP contribution in [0.4, 0.5) is 0 Å². The maximum atomic E-state index is 12.3. The number of allylic oxidation sites excluding steroid dienone is 4. The van der Waals surface area contributed by atoms with Crippen LogP contribution in [-0.2, 0) is 0 Å². The van der Waals surface area contributed by atoms with Gasteiger partial charge in [-0.3, -0.25) is 9.36 Å². The van der Waals surface area contributed by atoms with Crippen molar-refractivity contribution in [1.82, 2.24) is 9.55 Å². The number of nitrogens with zero attached hydrogens (tertiary/aromatic N) is 2. The van der Waals surface area contributed by atoms with Crippen LogP contribution in [0, 0.1) is 0 Å². The number of rotatable bonds is 0. The number of hydrogen-bond donors (Lipinski definition) is 0. The minimum Gasteiger partial charge on any atom is -0.293 e. The molecule has 0 atom stereocenters. The molecule has 1 aliphatic heterocycles. The molecule has 1 aromatic heterocycles. The van der Waals surface area contributed by atoms with Crippen molar-refractivity contribution in [2.75, 3.05) is 0 Å². The van der Waals surface area contributed by atoms with E-state index in [0.717, 1.165) is 39.6 Å². The van der Waals surface area contributed by atoms with E-state index in [2.05, 4.69) is 27.0 Å². The molecule has 0 saturated heterocycles. The number of carbonyl (C=O) groups is 1. The first kappa shape index (κ1) is 10.3. The normalized spacial score (nSPS) is 17.5. The van der Waals surface area contributed by atoms with Gasteiger partial charge in [-0.25, -0.2) is 4.98 Å². The number of fused-ring (bicyclic) bond motifs is 4. The highest BCUT2D eigenvalue weighted by molar-refractivity contribution is 9.10. The molecule has 3 nitrogen and oxygen atoms in total. The average molecular weight is 301 g/mol. The van der Waals surface area contributed by atoms with Gasteiger partial charge in [0.1, 0.15) is 0 Å². The van der Waals surface area contributed by atoms with Crippen molar-refractivity contribution in [3.05, 3.63) is 46.2 Å². The predicted octanol–water partition coefficient (Wildman–Crippen LogP) is 3.56. The van der Waals surface area contributed by atoms with Crippen LogP contribution in [0.5, 0.6) is 0 Å². The van der Waals surface area contributed by atoms with Gasteiger partial charge in [0.25, 0.3) is 0 Å². The van der Waals surface area contributed by atoms with Crippen LogP contribution in [0.25, 0.3) is 16.7 Å². The molecule has 18 heavy (non-hydrogen) atoms. The van der Waals surface area contributed by atoms with Crippen molar-refractivity contribution < 1.29 is 4.79 Å². The number of halogens is 1. The summed E-state index contributed by atoms with van der Waals surface area (Å²) in [6.45, 7) is 0. The Kier molecular flexibility index (Phi) is 1.95. The summed E-state index contributed by atoms with van der Waals surface area (Å²) >= 11 is 3.43. The highest BCUT2D eigenvalue weighted by atomic mass is 79.9. The van der Waals surface area contributed by atoms with Gasteiger partial charge in [0.15, 0.2) is 5.82 Å². The minimum atomic E-state index is 0.0493. The average Bonchev–Trinajstić information content (AvgIpc) is 2.87. The minimum absolute atomic E-state index is 0.0493. The topological polar surface area (TPSA) is 34.9 Å². The standard InChI is InChI=1S/C14H9BrN2O/c15-8-5-6-12-10(7-8)16-14-13(18)9-3-1-2-4-11(9)17(12)14/h1,3,5-7H,2,4H2. The highest BCUT2D eigenvalue weighted by Gasteiger charge is 2.32. The Bertz CT molecular complexity index is 767. The summed E-state index contributed by atoms with van der Waals surface area (Å²) in [5.74, 6) is 0.605. The van der Waals surface area contributed by atoms with E-state index >= 15 is 0 Å². The molecule has 0 saturated carbocycles. The zero-order valence-electron chi connectivity index (χ0n) is 9.48. The summed E-state index contributed by atoms with van der Waals surface area (Å²) in [5, 5.41) is 0. The number of ketones is 1. The Labute approximate surface area is 112 Å². The molecule has 0 amide bonds. The van der Waals surface area contributed by atoms with Gasteiger partial charge in [-0.2, -0.15) is 0 Å². The molecule has 4 heteroatoms. The molecule has 1 aliphatic carbocycles. The Morgan fingerprint density at radius 2 is 2.22 bits per heavy atom. The van der Waals surface area contributed by atoms with E-state index < -0.39 is 0 Å². The third kappa shape index (κ3) is 1.18.